The molecule has 3 rings (SSSR count). The third-order valence-electron chi connectivity index (χ3n) is 3.06. The van der Waals surface area contributed by atoms with Crippen molar-refractivity contribution in [2.45, 2.75) is 18.9 Å². The van der Waals surface area contributed by atoms with E-state index < -0.39 is 0 Å². The van der Waals surface area contributed by atoms with Gasteiger partial charge in [0.05, 0.1) is 17.1 Å². The monoisotopic (exact) mass is 211 g/mol. The summed E-state index contributed by atoms with van der Waals surface area (Å²) in [5, 5.41) is 3.43. The van der Waals surface area contributed by atoms with Gasteiger partial charge in [0, 0.05) is 5.56 Å². The van der Waals surface area contributed by atoms with Crippen LogP contribution in [0.5, 0.6) is 0 Å². The van der Waals surface area contributed by atoms with E-state index >= 15 is 0 Å². The minimum Gasteiger partial charge on any atom is -0.341 e. The molecule has 1 aromatic carbocycles. The second kappa shape index (κ2) is 3.66. The van der Waals surface area contributed by atoms with Crippen LogP contribution in [0.3, 0.4) is 0 Å². The number of nitrogens with zero attached hydrogens (tertiary/aromatic N) is 1. The van der Waals surface area contributed by atoms with Crippen molar-refractivity contribution in [2.75, 3.05) is 6.54 Å². The summed E-state index contributed by atoms with van der Waals surface area (Å²) in [7, 11) is 0. The molecule has 0 amide bonds. The zero-order valence-electron chi connectivity index (χ0n) is 8.96. The molecule has 1 saturated heterocycles. The van der Waals surface area contributed by atoms with E-state index in [4.69, 9.17) is 6.42 Å². The topological polar surface area (TPSA) is 40.7 Å². The highest BCUT2D eigenvalue weighted by Crippen LogP contribution is 2.23. The molecule has 1 atom stereocenters. The molecular weight excluding hydrogens is 198 g/mol. The number of terminal acetylenes is 1. The number of imidazole rings is 1. The zero-order valence-corrected chi connectivity index (χ0v) is 8.96. The molecule has 0 bridgehead atoms. The van der Waals surface area contributed by atoms with Gasteiger partial charge in [-0.2, -0.15) is 0 Å². The van der Waals surface area contributed by atoms with Crippen LogP contribution in [-0.2, 0) is 0 Å². The number of nitrogens with one attached hydrogen (secondary N) is 2. The number of H-pyrrole nitrogens is 1. The summed E-state index contributed by atoms with van der Waals surface area (Å²) in [5.41, 5.74) is 2.91. The van der Waals surface area contributed by atoms with Crippen LogP contribution in [0.25, 0.3) is 11.0 Å². The molecule has 0 radical (unpaired) electrons. The summed E-state index contributed by atoms with van der Waals surface area (Å²) in [6, 6.07) is 6.25. The lowest BCUT2D eigenvalue weighted by Crippen LogP contribution is -2.13. The maximum absolute atomic E-state index is 5.37. The van der Waals surface area contributed by atoms with Crippen molar-refractivity contribution >= 4 is 11.0 Å². The highest BCUT2D eigenvalue weighted by molar-refractivity contribution is 5.77. The third-order valence-corrected chi connectivity index (χ3v) is 3.06. The van der Waals surface area contributed by atoms with Gasteiger partial charge in [-0.1, -0.05) is 5.92 Å². The van der Waals surface area contributed by atoms with Gasteiger partial charge in [-0.3, -0.25) is 0 Å². The molecule has 0 saturated carbocycles. The zero-order chi connectivity index (χ0) is 11.0. The van der Waals surface area contributed by atoms with Gasteiger partial charge in [-0.05, 0) is 37.6 Å². The number of rotatable bonds is 1. The molecule has 0 aliphatic carbocycles. The molecule has 2 N–H and O–H groups in total. The van der Waals surface area contributed by atoms with E-state index in [1.54, 1.807) is 0 Å². The number of aromatic nitrogens is 2. The van der Waals surface area contributed by atoms with Crippen molar-refractivity contribution < 1.29 is 0 Å². The fraction of sp³-hybridized carbons (Fsp3) is 0.308. The van der Waals surface area contributed by atoms with Crippen LogP contribution in [-0.4, -0.2) is 16.5 Å². The first-order valence-electron chi connectivity index (χ1n) is 5.56. The average molecular weight is 211 g/mol. The Morgan fingerprint density at radius 2 is 2.38 bits per heavy atom. The number of fused-ring (bicyclic) bond motifs is 1. The van der Waals surface area contributed by atoms with Crippen LogP contribution in [0.15, 0.2) is 18.2 Å². The smallest absolute Gasteiger partial charge is 0.124 e. The van der Waals surface area contributed by atoms with Crippen LogP contribution in [0.4, 0.5) is 0 Å². The van der Waals surface area contributed by atoms with Gasteiger partial charge < -0.3 is 10.3 Å². The number of hydrogen-bond donors (Lipinski definition) is 2. The highest BCUT2D eigenvalue weighted by Gasteiger charge is 2.19. The molecule has 1 aliphatic rings. The van der Waals surface area contributed by atoms with Crippen LogP contribution < -0.4 is 5.32 Å². The molecular formula is C13H13N3. The SMILES string of the molecule is C#Cc1ccc2nc(C3CCCN3)[nH]c2c1. The van der Waals surface area contributed by atoms with Crippen molar-refractivity contribution in [3.05, 3.63) is 29.6 Å². The fourth-order valence-corrected chi connectivity index (χ4v) is 2.20. The van der Waals surface area contributed by atoms with Crippen LogP contribution >= 0.6 is 0 Å². The molecule has 0 spiro atoms. The van der Waals surface area contributed by atoms with Gasteiger partial charge in [0.25, 0.3) is 0 Å². The lowest BCUT2D eigenvalue weighted by molar-refractivity contribution is 0.614. The van der Waals surface area contributed by atoms with Crippen molar-refractivity contribution in [3.8, 4) is 12.3 Å². The third kappa shape index (κ3) is 1.48. The van der Waals surface area contributed by atoms with Crippen molar-refractivity contribution in [2.24, 2.45) is 0 Å². The second-order valence-corrected chi connectivity index (χ2v) is 4.15. The van der Waals surface area contributed by atoms with E-state index in [-0.39, 0.29) is 0 Å². The maximum Gasteiger partial charge on any atom is 0.124 e. The number of benzene rings is 1. The lowest BCUT2D eigenvalue weighted by Gasteiger charge is -2.04. The number of hydrogen-bond acceptors (Lipinski definition) is 2. The first-order chi connectivity index (χ1) is 7.86. The molecule has 16 heavy (non-hydrogen) atoms. The van der Waals surface area contributed by atoms with Gasteiger partial charge in [0.1, 0.15) is 5.82 Å². The Labute approximate surface area is 94.3 Å². The summed E-state index contributed by atoms with van der Waals surface area (Å²) in [5.74, 6) is 3.66. The van der Waals surface area contributed by atoms with Crippen molar-refractivity contribution in [3.63, 3.8) is 0 Å². The Morgan fingerprint density at radius 3 is 3.12 bits per heavy atom. The minimum absolute atomic E-state index is 0.377. The first kappa shape index (κ1) is 9.44. The Balaban J connectivity index is 2.05. The van der Waals surface area contributed by atoms with Gasteiger partial charge >= 0.3 is 0 Å². The molecule has 2 aromatic rings. The fourth-order valence-electron chi connectivity index (χ4n) is 2.20. The molecule has 3 heteroatoms. The molecule has 80 valence electrons. The van der Waals surface area contributed by atoms with E-state index in [1.165, 1.54) is 6.42 Å². The van der Waals surface area contributed by atoms with E-state index in [0.29, 0.717) is 6.04 Å². The Kier molecular flexibility index (Phi) is 2.16. The standard InChI is InChI=1S/C13H13N3/c1-2-9-5-6-10-12(8-9)16-13(15-10)11-4-3-7-14-11/h1,5-6,8,11,14H,3-4,7H2,(H,15,16). The molecule has 1 unspecified atom stereocenters. The van der Waals surface area contributed by atoms with Gasteiger partial charge in [-0.25, -0.2) is 4.98 Å². The predicted octanol–water partition coefficient (Wildman–Crippen LogP) is 1.97. The summed E-state index contributed by atoms with van der Waals surface area (Å²) in [6.45, 7) is 1.08. The van der Waals surface area contributed by atoms with Gasteiger partial charge in [-0.15, -0.1) is 6.42 Å². The van der Waals surface area contributed by atoms with E-state index in [9.17, 15) is 0 Å². The second-order valence-electron chi connectivity index (χ2n) is 4.15. The van der Waals surface area contributed by atoms with Crippen LogP contribution in [0.1, 0.15) is 30.3 Å². The quantitative estimate of drug-likeness (QED) is 0.708. The largest absolute Gasteiger partial charge is 0.341 e. The van der Waals surface area contributed by atoms with E-state index in [2.05, 4.69) is 21.2 Å². The lowest BCUT2D eigenvalue weighted by atomic mass is 10.2. The van der Waals surface area contributed by atoms with Gasteiger partial charge in [0.15, 0.2) is 0 Å². The molecule has 1 fully saturated rings. The van der Waals surface area contributed by atoms with Crippen LogP contribution in [0, 0.1) is 12.3 Å². The summed E-state index contributed by atoms with van der Waals surface area (Å²) in [4.78, 5) is 7.93. The minimum atomic E-state index is 0.377. The van der Waals surface area contributed by atoms with Crippen LogP contribution in [0.2, 0.25) is 0 Å². The van der Waals surface area contributed by atoms with Crippen molar-refractivity contribution in [1.82, 2.24) is 15.3 Å². The average Bonchev–Trinajstić information content (AvgIpc) is 2.96. The normalized spacial score (nSPS) is 20.1. The highest BCUT2D eigenvalue weighted by atomic mass is 15.0. The molecule has 2 heterocycles. The predicted molar refractivity (Wildman–Crippen MR) is 64.0 cm³/mol. The Hall–Kier alpha value is -1.79. The molecule has 1 aliphatic heterocycles. The molecule has 3 nitrogen and oxygen atoms in total. The Morgan fingerprint density at radius 1 is 1.44 bits per heavy atom. The van der Waals surface area contributed by atoms with E-state index in [0.717, 1.165) is 35.4 Å². The summed E-state index contributed by atoms with van der Waals surface area (Å²) < 4.78 is 0. The molecule has 1 aromatic heterocycles. The summed E-state index contributed by atoms with van der Waals surface area (Å²) >= 11 is 0. The summed E-state index contributed by atoms with van der Waals surface area (Å²) in [6.07, 6.45) is 7.75. The van der Waals surface area contributed by atoms with E-state index in [1.807, 2.05) is 18.2 Å². The van der Waals surface area contributed by atoms with Crippen molar-refractivity contribution in [1.29, 1.82) is 0 Å². The first-order valence-corrected chi connectivity index (χ1v) is 5.56. The van der Waals surface area contributed by atoms with Gasteiger partial charge in [0.2, 0.25) is 0 Å². The Bertz CT molecular complexity index is 556. The maximum atomic E-state index is 5.37. The number of aromatic amines is 1.